The van der Waals surface area contributed by atoms with Crippen LogP contribution in [-0.4, -0.2) is 19.1 Å². The zero-order valence-electron chi connectivity index (χ0n) is 10.6. The molecule has 0 fully saturated rings. The molecule has 3 nitrogen and oxygen atoms in total. The molecule has 0 aliphatic heterocycles. The van der Waals surface area contributed by atoms with E-state index in [1.807, 2.05) is 6.92 Å². The quantitative estimate of drug-likeness (QED) is 0.578. The third-order valence-corrected chi connectivity index (χ3v) is 2.92. The van der Waals surface area contributed by atoms with Gasteiger partial charge in [-0.25, -0.2) is 0 Å². The van der Waals surface area contributed by atoms with Crippen LogP contribution in [0.4, 0.5) is 0 Å². The molecule has 1 aromatic carbocycles. The highest BCUT2D eigenvalue weighted by Gasteiger charge is 2.11. The second kappa shape index (κ2) is 4.89. The number of aryl methyl sites for hydroxylation is 1. The maximum absolute atomic E-state index is 8.78. The molecule has 0 radical (unpaired) electrons. The molecule has 0 bridgehead atoms. The number of rotatable bonds is 3. The summed E-state index contributed by atoms with van der Waals surface area (Å²) < 4.78 is 5.36. The first kappa shape index (κ1) is 12.4. The van der Waals surface area contributed by atoms with Crippen LogP contribution in [0.15, 0.2) is 6.07 Å². The Morgan fingerprint density at radius 1 is 1.31 bits per heavy atom. The molecule has 3 heteroatoms. The van der Waals surface area contributed by atoms with Gasteiger partial charge in [-0.2, -0.15) is 5.26 Å². The van der Waals surface area contributed by atoms with Crippen LogP contribution in [0.3, 0.4) is 0 Å². The second-order valence-electron chi connectivity index (χ2n) is 4.09. The first-order valence-corrected chi connectivity index (χ1v) is 5.25. The van der Waals surface area contributed by atoms with Gasteiger partial charge in [0, 0.05) is 7.05 Å². The number of nitriles is 1. The van der Waals surface area contributed by atoms with E-state index in [4.69, 9.17) is 10.00 Å². The third kappa shape index (κ3) is 2.27. The molecule has 0 atom stereocenters. The van der Waals surface area contributed by atoms with Gasteiger partial charge in [0.05, 0.1) is 13.7 Å². The smallest absolute Gasteiger partial charge is 0.179 e. The number of methoxy groups -OCH3 is 1. The van der Waals surface area contributed by atoms with Crippen LogP contribution in [0.25, 0.3) is 0 Å². The lowest BCUT2D eigenvalue weighted by Crippen LogP contribution is -2.12. The molecular formula is C13H18N2O. The van der Waals surface area contributed by atoms with Crippen molar-refractivity contribution in [3.63, 3.8) is 0 Å². The molecule has 0 N–H and O–H groups in total. The van der Waals surface area contributed by atoms with Gasteiger partial charge >= 0.3 is 0 Å². The summed E-state index contributed by atoms with van der Waals surface area (Å²) in [5.74, 6) is 0.945. The molecule has 0 aromatic heterocycles. The minimum Gasteiger partial charge on any atom is -0.496 e. The highest BCUT2D eigenvalue weighted by Crippen LogP contribution is 2.28. The Bertz CT molecular complexity index is 433. The summed E-state index contributed by atoms with van der Waals surface area (Å²) in [5.41, 5.74) is 4.65. The number of nitrogens with zero attached hydrogens (tertiary/aromatic N) is 2. The molecule has 0 unspecified atom stereocenters. The summed E-state index contributed by atoms with van der Waals surface area (Å²) in [5, 5.41) is 8.78. The fourth-order valence-corrected chi connectivity index (χ4v) is 1.91. The highest BCUT2D eigenvalue weighted by atomic mass is 16.5. The molecule has 86 valence electrons. The van der Waals surface area contributed by atoms with Crippen molar-refractivity contribution in [1.29, 1.82) is 5.26 Å². The van der Waals surface area contributed by atoms with E-state index in [1.165, 1.54) is 11.1 Å². The average Bonchev–Trinajstić information content (AvgIpc) is 2.26. The molecule has 0 aliphatic carbocycles. The van der Waals surface area contributed by atoms with Gasteiger partial charge in [-0.05, 0) is 43.0 Å². The minimum absolute atomic E-state index is 0.647. The monoisotopic (exact) mass is 218 g/mol. The Labute approximate surface area is 97.3 Å². The van der Waals surface area contributed by atoms with Crippen LogP contribution < -0.4 is 4.74 Å². The predicted molar refractivity (Wildman–Crippen MR) is 64.3 cm³/mol. The zero-order chi connectivity index (χ0) is 12.3. The van der Waals surface area contributed by atoms with E-state index in [1.54, 1.807) is 19.1 Å². The largest absolute Gasteiger partial charge is 0.496 e. The highest BCUT2D eigenvalue weighted by molar-refractivity contribution is 5.48. The summed E-state index contributed by atoms with van der Waals surface area (Å²) in [6, 6.07) is 2.09. The van der Waals surface area contributed by atoms with E-state index < -0.39 is 0 Å². The lowest BCUT2D eigenvalue weighted by molar-refractivity contribution is 0.407. The lowest BCUT2D eigenvalue weighted by Gasteiger charge is -2.17. The average molecular weight is 218 g/mol. The van der Waals surface area contributed by atoms with Crippen molar-refractivity contribution in [3.05, 3.63) is 28.3 Å². The van der Waals surface area contributed by atoms with Crippen molar-refractivity contribution in [1.82, 2.24) is 4.90 Å². The fraction of sp³-hybridized carbons (Fsp3) is 0.462. The summed E-state index contributed by atoms with van der Waals surface area (Å²) in [7, 11) is 3.48. The van der Waals surface area contributed by atoms with Crippen molar-refractivity contribution >= 4 is 0 Å². The second-order valence-corrected chi connectivity index (χ2v) is 4.09. The van der Waals surface area contributed by atoms with Crippen molar-refractivity contribution in [3.8, 4) is 11.9 Å². The van der Waals surface area contributed by atoms with Gasteiger partial charge in [0.2, 0.25) is 0 Å². The van der Waals surface area contributed by atoms with Crippen molar-refractivity contribution in [2.45, 2.75) is 27.3 Å². The van der Waals surface area contributed by atoms with Crippen LogP contribution in [-0.2, 0) is 6.54 Å². The van der Waals surface area contributed by atoms with Crippen molar-refractivity contribution < 1.29 is 4.74 Å². The maximum atomic E-state index is 8.78. The summed E-state index contributed by atoms with van der Waals surface area (Å²) in [6.45, 7) is 6.80. The van der Waals surface area contributed by atoms with Gasteiger partial charge < -0.3 is 9.64 Å². The van der Waals surface area contributed by atoms with E-state index in [0.717, 1.165) is 16.9 Å². The molecule has 0 saturated heterocycles. The first-order valence-electron chi connectivity index (χ1n) is 5.25. The van der Waals surface area contributed by atoms with Crippen LogP contribution in [0, 0.1) is 32.2 Å². The molecule has 16 heavy (non-hydrogen) atoms. The number of hydrogen-bond acceptors (Lipinski definition) is 3. The third-order valence-electron chi connectivity index (χ3n) is 2.92. The van der Waals surface area contributed by atoms with E-state index >= 15 is 0 Å². The van der Waals surface area contributed by atoms with Crippen molar-refractivity contribution in [2.24, 2.45) is 0 Å². The van der Waals surface area contributed by atoms with Gasteiger partial charge in [-0.3, -0.25) is 0 Å². The van der Waals surface area contributed by atoms with Crippen LogP contribution in [0.2, 0.25) is 0 Å². The molecule has 1 rings (SSSR count). The Kier molecular flexibility index (Phi) is 3.78. The molecule has 0 amide bonds. The van der Waals surface area contributed by atoms with Crippen molar-refractivity contribution in [2.75, 3.05) is 14.2 Å². The van der Waals surface area contributed by atoms with Gasteiger partial charge in [-0.1, -0.05) is 6.07 Å². The van der Waals surface area contributed by atoms with E-state index in [-0.39, 0.29) is 0 Å². The Morgan fingerprint density at radius 2 is 1.94 bits per heavy atom. The van der Waals surface area contributed by atoms with Gasteiger partial charge in [-0.15, -0.1) is 0 Å². The fourth-order valence-electron chi connectivity index (χ4n) is 1.91. The van der Waals surface area contributed by atoms with Gasteiger partial charge in [0.25, 0.3) is 0 Å². The Balaban J connectivity index is 3.19. The predicted octanol–water partition coefficient (Wildman–Crippen LogP) is 2.53. The molecule has 1 aromatic rings. The van der Waals surface area contributed by atoms with Gasteiger partial charge in [0.1, 0.15) is 5.75 Å². The molecule has 0 aliphatic rings. The normalized spacial score (nSPS) is 9.75. The van der Waals surface area contributed by atoms with E-state index in [9.17, 15) is 0 Å². The SMILES string of the molecule is COc1c(C)cc(CN(C)C#N)c(C)c1C. The van der Waals surface area contributed by atoms with Crippen LogP contribution in [0.1, 0.15) is 22.3 Å². The van der Waals surface area contributed by atoms with E-state index in [2.05, 4.69) is 26.1 Å². The Hall–Kier alpha value is -1.69. The number of ether oxygens (including phenoxy) is 1. The standard InChI is InChI=1S/C13H18N2O/c1-9-6-12(7-15(4)8-14)10(2)11(3)13(9)16-5/h6H,7H2,1-5H3. The maximum Gasteiger partial charge on any atom is 0.179 e. The molecular weight excluding hydrogens is 200 g/mol. The summed E-state index contributed by atoms with van der Waals surface area (Å²) >= 11 is 0. The van der Waals surface area contributed by atoms with Crippen LogP contribution >= 0.6 is 0 Å². The lowest BCUT2D eigenvalue weighted by atomic mass is 9.98. The molecule has 0 heterocycles. The summed E-state index contributed by atoms with van der Waals surface area (Å²) in [4.78, 5) is 1.62. The molecule has 0 spiro atoms. The first-order chi connectivity index (χ1) is 7.51. The van der Waals surface area contributed by atoms with Crippen LogP contribution in [0.5, 0.6) is 5.75 Å². The number of hydrogen-bond donors (Lipinski definition) is 0. The Morgan fingerprint density at radius 3 is 2.44 bits per heavy atom. The minimum atomic E-state index is 0.647. The number of benzene rings is 1. The molecule has 0 saturated carbocycles. The van der Waals surface area contributed by atoms with E-state index in [0.29, 0.717) is 6.54 Å². The van der Waals surface area contributed by atoms with Gasteiger partial charge in [0.15, 0.2) is 6.19 Å². The summed E-state index contributed by atoms with van der Waals surface area (Å²) in [6.07, 6.45) is 2.11. The zero-order valence-corrected chi connectivity index (χ0v) is 10.6. The topological polar surface area (TPSA) is 36.3 Å².